The molecule has 4 nitrogen and oxygen atoms in total. The monoisotopic (exact) mass is 336 g/mol. The lowest BCUT2D eigenvalue weighted by molar-refractivity contribution is -0.339. The first-order valence-electron chi connectivity index (χ1n) is 5.50. The fourth-order valence-corrected chi connectivity index (χ4v) is 1.25. The van der Waals surface area contributed by atoms with E-state index in [0.29, 0.717) is 12.1 Å². The number of carbonyl (C=O) groups excluding carboxylic acids is 2. The zero-order chi connectivity index (χ0) is 17.3. The third-order valence-electron chi connectivity index (χ3n) is 2.34. The summed E-state index contributed by atoms with van der Waals surface area (Å²) in [6.45, 7) is 1.23. The van der Waals surface area contributed by atoms with Crippen molar-refractivity contribution < 1.29 is 49.5 Å². The molecule has 124 valence electrons. The molecule has 0 aliphatic carbocycles. The number of halogens is 7. The van der Waals surface area contributed by atoms with Gasteiger partial charge in [0.25, 0.3) is 5.78 Å². The van der Waals surface area contributed by atoms with Crippen molar-refractivity contribution in [3.05, 3.63) is 23.7 Å². The van der Waals surface area contributed by atoms with Crippen LogP contribution in [0.15, 0.2) is 16.5 Å². The minimum Gasteiger partial charge on any atom is -0.460 e. The van der Waals surface area contributed by atoms with Crippen LogP contribution in [0.25, 0.3) is 0 Å². The average molecular weight is 336 g/mol. The van der Waals surface area contributed by atoms with Crippen LogP contribution in [-0.4, -0.2) is 36.4 Å². The van der Waals surface area contributed by atoms with Crippen LogP contribution < -0.4 is 0 Å². The summed E-state index contributed by atoms with van der Waals surface area (Å²) in [7, 11) is 0. The first kappa shape index (κ1) is 18.0. The maximum absolute atomic E-state index is 13.1. The molecule has 1 aromatic heterocycles. The van der Waals surface area contributed by atoms with Crippen molar-refractivity contribution in [2.45, 2.75) is 24.9 Å². The fourth-order valence-electron chi connectivity index (χ4n) is 1.25. The summed E-state index contributed by atoms with van der Waals surface area (Å²) in [5.74, 6) is -19.1. The Morgan fingerprint density at radius 2 is 1.55 bits per heavy atom. The Morgan fingerprint density at radius 3 is 2.00 bits per heavy atom. The Bertz CT molecular complexity index is 573. The molecule has 0 spiro atoms. The molecule has 0 saturated heterocycles. The summed E-state index contributed by atoms with van der Waals surface area (Å²) in [6.07, 6.45) is -6.65. The van der Waals surface area contributed by atoms with Gasteiger partial charge in [-0.1, -0.05) is 0 Å². The number of hydrogen-bond acceptors (Lipinski definition) is 4. The molecule has 0 radical (unpaired) electrons. The maximum Gasteiger partial charge on any atom is 0.460 e. The lowest BCUT2D eigenvalue weighted by Crippen LogP contribution is -2.56. The molecule has 0 atom stereocenters. The van der Waals surface area contributed by atoms with E-state index in [1.165, 1.54) is 6.92 Å². The van der Waals surface area contributed by atoms with Gasteiger partial charge < -0.3 is 9.15 Å². The smallest absolute Gasteiger partial charge is 0.460 e. The number of Topliss-reactive ketones (excluding diaryl/α,β-unsaturated/α-hetero) is 1. The Hall–Kier alpha value is -2.07. The fraction of sp³-hybridized carbons (Fsp3) is 0.455. The van der Waals surface area contributed by atoms with Crippen LogP contribution in [0.3, 0.4) is 0 Å². The van der Waals surface area contributed by atoms with Gasteiger partial charge in [-0.25, -0.2) is 4.79 Å². The molecule has 0 aromatic carbocycles. The minimum atomic E-state index is -6.65. The number of furan rings is 1. The molecule has 0 amide bonds. The lowest BCUT2D eigenvalue weighted by Gasteiger charge is -2.26. The van der Waals surface area contributed by atoms with Gasteiger partial charge in [0.2, 0.25) is 5.76 Å². The molecule has 11 heteroatoms. The third-order valence-corrected chi connectivity index (χ3v) is 2.34. The molecule has 1 rings (SSSR count). The van der Waals surface area contributed by atoms with Gasteiger partial charge in [-0.15, -0.1) is 0 Å². The van der Waals surface area contributed by atoms with E-state index >= 15 is 0 Å². The SMILES string of the molecule is CCOC(=O)c1ccc(C(=O)C(F)(F)C(F)(F)C(F)(F)F)o1. The van der Waals surface area contributed by atoms with Gasteiger partial charge >= 0.3 is 24.0 Å². The quantitative estimate of drug-likeness (QED) is 0.469. The highest BCUT2D eigenvalue weighted by Gasteiger charge is 2.76. The van der Waals surface area contributed by atoms with Crippen LogP contribution in [0.5, 0.6) is 0 Å². The maximum atomic E-state index is 13.1. The van der Waals surface area contributed by atoms with Crippen LogP contribution in [0.4, 0.5) is 30.7 Å². The predicted molar refractivity (Wildman–Crippen MR) is 54.9 cm³/mol. The topological polar surface area (TPSA) is 56.5 Å². The molecular formula is C11H7F7O4. The lowest BCUT2D eigenvalue weighted by atomic mass is 10.1. The van der Waals surface area contributed by atoms with Gasteiger partial charge in [0.15, 0.2) is 5.76 Å². The summed E-state index contributed by atoms with van der Waals surface area (Å²) < 4.78 is 96.2. The second-order valence-corrected chi connectivity index (χ2v) is 3.86. The van der Waals surface area contributed by atoms with Crippen molar-refractivity contribution in [2.75, 3.05) is 6.61 Å². The van der Waals surface area contributed by atoms with E-state index in [9.17, 15) is 40.3 Å². The van der Waals surface area contributed by atoms with Crippen molar-refractivity contribution in [2.24, 2.45) is 0 Å². The summed E-state index contributed by atoms with van der Waals surface area (Å²) in [5, 5.41) is 0. The standard InChI is InChI=1S/C11H7F7O4/c1-2-21-8(20)6-4-3-5(22-6)7(19)9(12,13)10(14,15)11(16,17)18/h3-4H,2H2,1H3. The number of ketones is 1. The Morgan fingerprint density at radius 1 is 1.05 bits per heavy atom. The zero-order valence-electron chi connectivity index (χ0n) is 10.6. The first-order valence-corrected chi connectivity index (χ1v) is 5.50. The van der Waals surface area contributed by atoms with E-state index < -0.39 is 41.3 Å². The van der Waals surface area contributed by atoms with Gasteiger partial charge in [0, 0.05) is 0 Å². The van der Waals surface area contributed by atoms with E-state index in [1.807, 2.05) is 0 Å². The molecule has 0 saturated carbocycles. The molecule has 0 aliphatic heterocycles. The Labute approximate surface area is 117 Å². The molecule has 0 fully saturated rings. The first-order chi connectivity index (χ1) is 9.86. The van der Waals surface area contributed by atoms with E-state index in [-0.39, 0.29) is 6.61 Å². The largest absolute Gasteiger partial charge is 0.460 e. The summed E-state index contributed by atoms with van der Waals surface area (Å²) >= 11 is 0. The van der Waals surface area contributed by atoms with Gasteiger partial charge in [-0.05, 0) is 19.1 Å². The van der Waals surface area contributed by atoms with Crippen LogP contribution in [0.1, 0.15) is 28.0 Å². The molecule has 0 N–H and O–H groups in total. The number of alkyl halides is 7. The molecular weight excluding hydrogens is 329 g/mol. The number of carbonyl (C=O) groups is 2. The highest BCUT2D eigenvalue weighted by atomic mass is 19.4. The van der Waals surface area contributed by atoms with E-state index in [0.717, 1.165) is 0 Å². The van der Waals surface area contributed by atoms with Crippen LogP contribution in [0, 0.1) is 0 Å². The van der Waals surface area contributed by atoms with Crippen molar-refractivity contribution in [3.8, 4) is 0 Å². The molecule has 1 aromatic rings. The summed E-state index contributed by atoms with van der Waals surface area (Å²) in [4.78, 5) is 22.3. The van der Waals surface area contributed by atoms with Crippen molar-refractivity contribution in [3.63, 3.8) is 0 Å². The van der Waals surface area contributed by atoms with Crippen molar-refractivity contribution in [1.29, 1.82) is 0 Å². The van der Waals surface area contributed by atoms with Gasteiger partial charge in [0.05, 0.1) is 6.61 Å². The van der Waals surface area contributed by atoms with E-state index in [4.69, 9.17) is 0 Å². The second kappa shape index (κ2) is 5.61. The van der Waals surface area contributed by atoms with Gasteiger partial charge in [0.1, 0.15) is 0 Å². The Kier molecular flexibility index (Phi) is 4.59. The normalized spacial score (nSPS) is 13.1. The summed E-state index contributed by atoms with van der Waals surface area (Å²) in [6, 6.07) is 1.00. The molecule has 22 heavy (non-hydrogen) atoms. The molecule has 0 aliphatic rings. The molecule has 0 bridgehead atoms. The highest BCUT2D eigenvalue weighted by Crippen LogP contribution is 2.47. The van der Waals surface area contributed by atoms with Crippen LogP contribution in [0.2, 0.25) is 0 Å². The minimum absolute atomic E-state index is 0.148. The average Bonchev–Trinajstić information content (AvgIpc) is 2.85. The third kappa shape index (κ3) is 2.92. The van der Waals surface area contributed by atoms with E-state index in [2.05, 4.69) is 9.15 Å². The van der Waals surface area contributed by atoms with Crippen LogP contribution >= 0.6 is 0 Å². The predicted octanol–water partition coefficient (Wildman–Crippen LogP) is 3.47. The zero-order valence-corrected chi connectivity index (χ0v) is 10.6. The van der Waals surface area contributed by atoms with Crippen molar-refractivity contribution >= 4 is 11.8 Å². The number of ether oxygens (including phenoxy) is 1. The number of rotatable bonds is 5. The van der Waals surface area contributed by atoms with Crippen molar-refractivity contribution in [1.82, 2.24) is 0 Å². The van der Waals surface area contributed by atoms with Gasteiger partial charge in [-0.2, -0.15) is 30.7 Å². The number of esters is 1. The number of hydrogen-bond donors (Lipinski definition) is 0. The summed E-state index contributed by atoms with van der Waals surface area (Å²) in [5.41, 5.74) is 0. The van der Waals surface area contributed by atoms with E-state index in [1.54, 1.807) is 0 Å². The second-order valence-electron chi connectivity index (χ2n) is 3.86. The van der Waals surface area contributed by atoms with Crippen LogP contribution in [-0.2, 0) is 4.74 Å². The Balaban J connectivity index is 3.13. The van der Waals surface area contributed by atoms with Gasteiger partial charge in [-0.3, -0.25) is 4.79 Å². The molecule has 0 unspecified atom stereocenters. The molecule has 1 heterocycles. The highest BCUT2D eigenvalue weighted by molar-refractivity contribution is 6.01.